The Labute approximate surface area is 156 Å². The number of rotatable bonds is 8. The Kier molecular flexibility index (Phi) is 6.59. The first-order valence-electron chi connectivity index (χ1n) is 9.52. The Hall–Kier alpha value is -1.97. The molecule has 0 amide bonds. The van der Waals surface area contributed by atoms with Crippen LogP contribution in [0.5, 0.6) is 0 Å². The van der Waals surface area contributed by atoms with Crippen LogP contribution >= 0.6 is 0 Å². The third-order valence-corrected chi connectivity index (χ3v) is 5.14. The van der Waals surface area contributed by atoms with E-state index < -0.39 is 0 Å². The molecule has 1 heterocycles. The molecule has 2 aromatic rings. The second-order valence-electron chi connectivity index (χ2n) is 7.36. The number of hydrogen-bond donors (Lipinski definition) is 0. The summed E-state index contributed by atoms with van der Waals surface area (Å²) in [5.74, 6) is 0.717. The van der Waals surface area contributed by atoms with E-state index in [9.17, 15) is 4.79 Å². The maximum atomic E-state index is 12.6. The largest absolute Gasteiger partial charge is 0.350 e. The van der Waals surface area contributed by atoms with Crippen molar-refractivity contribution < 1.29 is 14.3 Å². The number of Topliss-reactive ketones (excluding diaryl/α,β-unsaturated/α-hetero) is 1. The number of carbonyl (C=O) groups excluding carboxylic acids is 1. The molecule has 1 fully saturated rings. The summed E-state index contributed by atoms with van der Waals surface area (Å²) in [5.41, 5.74) is 2.07. The first kappa shape index (κ1) is 18.8. The Morgan fingerprint density at radius 1 is 1.04 bits per heavy atom. The molecule has 0 aliphatic carbocycles. The lowest BCUT2D eigenvalue weighted by molar-refractivity contribution is -0.0740. The minimum absolute atomic E-state index is 0.0107. The van der Waals surface area contributed by atoms with Crippen LogP contribution in [-0.4, -0.2) is 24.8 Å². The lowest BCUT2D eigenvalue weighted by Gasteiger charge is -2.25. The average Bonchev–Trinajstić information content (AvgIpc) is 3.14. The molecule has 3 heteroatoms. The summed E-state index contributed by atoms with van der Waals surface area (Å²) in [5, 5.41) is 0. The van der Waals surface area contributed by atoms with Gasteiger partial charge in [0.2, 0.25) is 0 Å². The molecule has 26 heavy (non-hydrogen) atoms. The molecule has 0 saturated carbocycles. The minimum atomic E-state index is -0.173. The summed E-state index contributed by atoms with van der Waals surface area (Å²) in [6, 6.07) is 19.9. The fraction of sp³-hybridized carbons (Fsp3) is 0.435. The zero-order valence-electron chi connectivity index (χ0n) is 15.6. The lowest BCUT2D eigenvalue weighted by atomic mass is 9.85. The van der Waals surface area contributed by atoms with E-state index in [1.165, 1.54) is 5.56 Å². The third-order valence-electron chi connectivity index (χ3n) is 5.14. The highest BCUT2D eigenvalue weighted by Gasteiger charge is 2.35. The normalized spacial score (nSPS) is 21.0. The van der Waals surface area contributed by atoms with Crippen molar-refractivity contribution in [2.75, 3.05) is 6.61 Å². The van der Waals surface area contributed by atoms with Crippen LogP contribution in [-0.2, 0) is 15.9 Å². The average molecular weight is 352 g/mol. The first-order chi connectivity index (χ1) is 12.6. The molecular formula is C23H28O3. The molecule has 3 nitrogen and oxygen atoms in total. The predicted octanol–water partition coefficient (Wildman–Crippen LogP) is 4.91. The number of benzene rings is 2. The highest BCUT2D eigenvalue weighted by atomic mass is 16.7. The highest BCUT2D eigenvalue weighted by Crippen LogP contribution is 2.30. The van der Waals surface area contributed by atoms with E-state index in [0.717, 1.165) is 18.4 Å². The van der Waals surface area contributed by atoms with Crippen LogP contribution < -0.4 is 0 Å². The number of ketones is 1. The van der Waals surface area contributed by atoms with Crippen molar-refractivity contribution in [3.8, 4) is 0 Å². The number of aryl methyl sites for hydroxylation is 1. The Balaban J connectivity index is 1.55. The van der Waals surface area contributed by atoms with Crippen LogP contribution in [0, 0.1) is 11.8 Å². The topological polar surface area (TPSA) is 35.5 Å². The molecule has 0 bridgehead atoms. The number of carbonyl (C=O) groups is 1. The standard InChI is InChI=1S/C23H28O3/c1-17(2)20(15-21(24)19-11-7-4-8-12-19)22-16-25-23(26-22)14-13-18-9-5-3-6-10-18/h3-12,17,20,22-23H,13-16H2,1-2H3. The van der Waals surface area contributed by atoms with Gasteiger partial charge in [-0.3, -0.25) is 4.79 Å². The maximum Gasteiger partial charge on any atom is 0.163 e. The van der Waals surface area contributed by atoms with E-state index in [1.807, 2.05) is 36.4 Å². The van der Waals surface area contributed by atoms with Crippen LogP contribution in [0.2, 0.25) is 0 Å². The monoisotopic (exact) mass is 352 g/mol. The van der Waals surface area contributed by atoms with Crippen molar-refractivity contribution in [3.63, 3.8) is 0 Å². The van der Waals surface area contributed by atoms with E-state index in [-0.39, 0.29) is 24.1 Å². The Bertz CT molecular complexity index is 681. The van der Waals surface area contributed by atoms with Gasteiger partial charge in [0.1, 0.15) is 0 Å². The van der Waals surface area contributed by atoms with Gasteiger partial charge in [-0.1, -0.05) is 74.5 Å². The van der Waals surface area contributed by atoms with Gasteiger partial charge in [0, 0.05) is 18.4 Å². The van der Waals surface area contributed by atoms with Gasteiger partial charge in [0.25, 0.3) is 0 Å². The quantitative estimate of drug-likeness (QED) is 0.634. The summed E-state index contributed by atoms with van der Waals surface area (Å²) in [6.07, 6.45) is 2.10. The summed E-state index contributed by atoms with van der Waals surface area (Å²) in [6.45, 7) is 4.89. The van der Waals surface area contributed by atoms with E-state index in [2.05, 4.69) is 38.1 Å². The highest BCUT2D eigenvalue weighted by molar-refractivity contribution is 5.96. The summed E-state index contributed by atoms with van der Waals surface area (Å²) in [7, 11) is 0. The second kappa shape index (κ2) is 9.11. The molecule has 3 rings (SSSR count). The van der Waals surface area contributed by atoms with Crippen LogP contribution in [0.1, 0.15) is 42.6 Å². The van der Waals surface area contributed by atoms with Gasteiger partial charge in [0.05, 0.1) is 12.7 Å². The number of hydrogen-bond acceptors (Lipinski definition) is 3. The molecule has 0 N–H and O–H groups in total. The molecule has 138 valence electrons. The van der Waals surface area contributed by atoms with Gasteiger partial charge in [0.15, 0.2) is 12.1 Å². The molecular weight excluding hydrogens is 324 g/mol. The van der Waals surface area contributed by atoms with Gasteiger partial charge in [-0.05, 0) is 23.8 Å². The summed E-state index contributed by atoms with van der Waals surface area (Å²) in [4.78, 5) is 12.6. The van der Waals surface area contributed by atoms with Crippen molar-refractivity contribution in [2.24, 2.45) is 11.8 Å². The zero-order valence-corrected chi connectivity index (χ0v) is 15.6. The van der Waals surface area contributed by atoms with Gasteiger partial charge >= 0.3 is 0 Å². The molecule has 2 aromatic carbocycles. The van der Waals surface area contributed by atoms with Crippen LogP contribution in [0.4, 0.5) is 0 Å². The van der Waals surface area contributed by atoms with Crippen LogP contribution in [0.15, 0.2) is 60.7 Å². The first-order valence-corrected chi connectivity index (χ1v) is 9.52. The fourth-order valence-electron chi connectivity index (χ4n) is 3.53. The summed E-state index contributed by atoms with van der Waals surface area (Å²) >= 11 is 0. The van der Waals surface area contributed by atoms with Crippen LogP contribution in [0.25, 0.3) is 0 Å². The van der Waals surface area contributed by atoms with E-state index >= 15 is 0 Å². The van der Waals surface area contributed by atoms with Crippen molar-refractivity contribution in [3.05, 3.63) is 71.8 Å². The smallest absolute Gasteiger partial charge is 0.163 e. The fourth-order valence-corrected chi connectivity index (χ4v) is 3.53. The molecule has 3 atom stereocenters. The van der Waals surface area contributed by atoms with E-state index in [1.54, 1.807) is 0 Å². The van der Waals surface area contributed by atoms with Crippen molar-refractivity contribution in [2.45, 2.75) is 45.5 Å². The predicted molar refractivity (Wildman–Crippen MR) is 103 cm³/mol. The summed E-state index contributed by atoms with van der Waals surface area (Å²) < 4.78 is 12.0. The van der Waals surface area contributed by atoms with Gasteiger partial charge < -0.3 is 9.47 Å². The van der Waals surface area contributed by atoms with Crippen molar-refractivity contribution in [1.29, 1.82) is 0 Å². The third kappa shape index (κ3) is 5.03. The minimum Gasteiger partial charge on any atom is -0.350 e. The van der Waals surface area contributed by atoms with Crippen molar-refractivity contribution >= 4 is 5.78 Å². The molecule has 1 aliphatic rings. The van der Waals surface area contributed by atoms with Gasteiger partial charge in [-0.25, -0.2) is 0 Å². The molecule has 1 aliphatic heterocycles. The van der Waals surface area contributed by atoms with Crippen LogP contribution in [0.3, 0.4) is 0 Å². The zero-order chi connectivity index (χ0) is 18.4. The molecule has 0 radical (unpaired) electrons. The molecule has 0 aromatic heterocycles. The van der Waals surface area contributed by atoms with E-state index in [4.69, 9.17) is 9.47 Å². The van der Waals surface area contributed by atoms with Crippen molar-refractivity contribution in [1.82, 2.24) is 0 Å². The Morgan fingerprint density at radius 2 is 1.69 bits per heavy atom. The molecule has 3 unspecified atom stereocenters. The van der Waals surface area contributed by atoms with Gasteiger partial charge in [-0.15, -0.1) is 0 Å². The Morgan fingerprint density at radius 3 is 2.35 bits per heavy atom. The lowest BCUT2D eigenvalue weighted by Crippen LogP contribution is -2.30. The second-order valence-corrected chi connectivity index (χ2v) is 7.36. The number of ether oxygens (including phenoxy) is 2. The molecule has 0 spiro atoms. The molecule has 1 saturated heterocycles. The SMILES string of the molecule is CC(C)C(CC(=O)c1ccccc1)C1COC(CCc2ccccc2)O1. The van der Waals surface area contributed by atoms with E-state index in [0.29, 0.717) is 18.9 Å². The maximum absolute atomic E-state index is 12.6. The van der Waals surface area contributed by atoms with Gasteiger partial charge in [-0.2, -0.15) is 0 Å².